The van der Waals surface area contributed by atoms with Gasteiger partial charge in [0.25, 0.3) is 0 Å². The Morgan fingerprint density at radius 2 is 0.857 bits per heavy atom. The van der Waals surface area contributed by atoms with Gasteiger partial charge in [-0.25, -0.2) is 0 Å². The van der Waals surface area contributed by atoms with Crippen molar-refractivity contribution in [2.24, 2.45) is 0 Å². The third-order valence-electron chi connectivity index (χ3n) is 5.65. The number of carboxylic acids is 1. The number of unbranched alkanes of at least 4 members (excludes halogenated alkanes) is 19. The highest BCUT2D eigenvalue weighted by Crippen LogP contribution is 2.14. The quantitative estimate of drug-likeness (QED) is 0.138. The Morgan fingerprint density at radius 3 is 1.21 bits per heavy atom. The average molecular weight is 395 g/mol. The second kappa shape index (κ2) is 24.2. The van der Waals surface area contributed by atoms with Gasteiger partial charge in [0, 0.05) is 6.42 Å². The highest BCUT2D eigenvalue weighted by molar-refractivity contribution is 5.66. The molecule has 0 saturated heterocycles. The molecule has 0 aliphatic heterocycles. The van der Waals surface area contributed by atoms with Crippen molar-refractivity contribution in [3.05, 3.63) is 12.2 Å². The van der Waals surface area contributed by atoms with Gasteiger partial charge in [-0.05, 0) is 32.1 Å². The molecule has 0 atom stereocenters. The molecule has 28 heavy (non-hydrogen) atoms. The molecule has 0 saturated carbocycles. The topological polar surface area (TPSA) is 37.3 Å². The minimum absolute atomic E-state index is 0.344. The number of aliphatic carboxylic acids is 1. The molecule has 0 spiro atoms. The number of allylic oxidation sites excluding steroid dienone is 2. The largest absolute Gasteiger partial charge is 0.481 e. The molecule has 2 nitrogen and oxygen atoms in total. The van der Waals surface area contributed by atoms with Gasteiger partial charge in [-0.15, -0.1) is 0 Å². The van der Waals surface area contributed by atoms with Gasteiger partial charge in [0.05, 0.1) is 0 Å². The van der Waals surface area contributed by atoms with Crippen LogP contribution in [0, 0.1) is 0 Å². The molecule has 1 N–H and O–H groups in total. The van der Waals surface area contributed by atoms with E-state index in [-0.39, 0.29) is 0 Å². The SMILES string of the molecule is CCCCCC=CCCCCCCCCCCCCCCCCCCC(=O)O. The van der Waals surface area contributed by atoms with Crippen LogP contribution in [0.1, 0.15) is 148 Å². The zero-order valence-corrected chi connectivity index (χ0v) is 19.1. The van der Waals surface area contributed by atoms with Crippen molar-refractivity contribution in [1.29, 1.82) is 0 Å². The molecule has 0 aromatic heterocycles. The van der Waals surface area contributed by atoms with Gasteiger partial charge >= 0.3 is 5.97 Å². The monoisotopic (exact) mass is 394 g/mol. The lowest BCUT2D eigenvalue weighted by atomic mass is 10.0. The lowest BCUT2D eigenvalue weighted by Gasteiger charge is -2.03. The van der Waals surface area contributed by atoms with Gasteiger partial charge in [0.1, 0.15) is 0 Å². The fraction of sp³-hybridized carbons (Fsp3) is 0.885. The molecule has 0 aromatic rings. The summed E-state index contributed by atoms with van der Waals surface area (Å²) in [6, 6.07) is 0. The van der Waals surface area contributed by atoms with E-state index in [4.69, 9.17) is 5.11 Å². The molecule has 0 aliphatic carbocycles. The minimum Gasteiger partial charge on any atom is -0.481 e. The van der Waals surface area contributed by atoms with Gasteiger partial charge in [0.15, 0.2) is 0 Å². The average Bonchev–Trinajstić information content (AvgIpc) is 2.68. The molecule has 2 heteroatoms. The fourth-order valence-corrected chi connectivity index (χ4v) is 3.76. The number of hydrogen-bond donors (Lipinski definition) is 1. The van der Waals surface area contributed by atoms with E-state index < -0.39 is 5.97 Å². The molecule has 0 heterocycles. The van der Waals surface area contributed by atoms with Crippen molar-refractivity contribution >= 4 is 5.97 Å². The first-order valence-corrected chi connectivity index (χ1v) is 12.6. The summed E-state index contributed by atoms with van der Waals surface area (Å²) in [7, 11) is 0. The maximum Gasteiger partial charge on any atom is 0.303 e. The van der Waals surface area contributed by atoms with E-state index in [1.165, 1.54) is 122 Å². The molecule has 0 fully saturated rings. The molecular formula is C26H50O2. The first kappa shape index (κ1) is 27.2. The van der Waals surface area contributed by atoms with Crippen LogP contribution in [0.15, 0.2) is 12.2 Å². The Morgan fingerprint density at radius 1 is 0.536 bits per heavy atom. The third kappa shape index (κ3) is 25.2. The zero-order chi connectivity index (χ0) is 20.5. The molecule has 0 aromatic carbocycles. The fourth-order valence-electron chi connectivity index (χ4n) is 3.76. The highest BCUT2D eigenvalue weighted by Gasteiger charge is 1.97. The molecular weight excluding hydrogens is 344 g/mol. The molecule has 0 bridgehead atoms. The molecule has 0 radical (unpaired) electrons. The summed E-state index contributed by atoms with van der Waals surface area (Å²) < 4.78 is 0. The maximum atomic E-state index is 10.4. The normalized spacial score (nSPS) is 11.5. The molecule has 0 amide bonds. The lowest BCUT2D eigenvalue weighted by molar-refractivity contribution is -0.137. The van der Waals surface area contributed by atoms with Crippen LogP contribution in [-0.4, -0.2) is 11.1 Å². The van der Waals surface area contributed by atoms with E-state index in [0.717, 1.165) is 12.8 Å². The Kier molecular flexibility index (Phi) is 23.6. The van der Waals surface area contributed by atoms with Gasteiger partial charge < -0.3 is 5.11 Å². The van der Waals surface area contributed by atoms with Gasteiger partial charge in [-0.1, -0.05) is 122 Å². The van der Waals surface area contributed by atoms with Gasteiger partial charge in [-0.3, -0.25) is 4.79 Å². The van der Waals surface area contributed by atoms with E-state index in [2.05, 4.69) is 19.1 Å². The van der Waals surface area contributed by atoms with Gasteiger partial charge in [-0.2, -0.15) is 0 Å². The molecule has 166 valence electrons. The van der Waals surface area contributed by atoms with Crippen LogP contribution in [0.2, 0.25) is 0 Å². The summed E-state index contributed by atoms with van der Waals surface area (Å²) in [6.45, 7) is 2.27. The van der Waals surface area contributed by atoms with E-state index in [9.17, 15) is 4.79 Å². The second-order valence-corrected chi connectivity index (χ2v) is 8.56. The lowest BCUT2D eigenvalue weighted by Crippen LogP contribution is -1.93. The van der Waals surface area contributed by atoms with Crippen LogP contribution >= 0.6 is 0 Å². The number of rotatable bonds is 23. The zero-order valence-electron chi connectivity index (χ0n) is 19.1. The van der Waals surface area contributed by atoms with E-state index in [1.54, 1.807) is 0 Å². The first-order valence-electron chi connectivity index (χ1n) is 12.6. The summed E-state index contributed by atoms with van der Waals surface area (Å²) in [5.41, 5.74) is 0. The molecule has 0 aliphatic rings. The highest BCUT2D eigenvalue weighted by atomic mass is 16.4. The van der Waals surface area contributed by atoms with Crippen LogP contribution in [0.25, 0.3) is 0 Å². The Bertz CT molecular complexity index is 335. The van der Waals surface area contributed by atoms with Crippen molar-refractivity contribution < 1.29 is 9.90 Å². The third-order valence-corrected chi connectivity index (χ3v) is 5.65. The minimum atomic E-state index is -0.652. The Labute approximate surface area is 176 Å². The molecule has 0 rings (SSSR count). The standard InChI is InChI=1S/C26H50O2/c1-2-3-4-5-6-7-8-9-10-11-12-13-14-15-16-17-18-19-20-21-22-23-24-25-26(27)28/h6-7H,2-5,8-25H2,1H3,(H,27,28). The van der Waals surface area contributed by atoms with E-state index >= 15 is 0 Å². The van der Waals surface area contributed by atoms with Crippen molar-refractivity contribution in [1.82, 2.24) is 0 Å². The van der Waals surface area contributed by atoms with Crippen LogP contribution in [-0.2, 0) is 4.79 Å². The predicted molar refractivity (Wildman–Crippen MR) is 124 cm³/mol. The van der Waals surface area contributed by atoms with E-state index in [1.807, 2.05) is 0 Å². The number of carboxylic acid groups (broad SMARTS) is 1. The first-order chi connectivity index (χ1) is 13.8. The maximum absolute atomic E-state index is 10.4. The number of carbonyl (C=O) groups is 1. The Balaban J connectivity index is 3.04. The number of hydrogen-bond acceptors (Lipinski definition) is 1. The van der Waals surface area contributed by atoms with Crippen LogP contribution in [0.4, 0.5) is 0 Å². The van der Waals surface area contributed by atoms with Crippen LogP contribution in [0.5, 0.6) is 0 Å². The van der Waals surface area contributed by atoms with Gasteiger partial charge in [0.2, 0.25) is 0 Å². The van der Waals surface area contributed by atoms with Crippen LogP contribution in [0.3, 0.4) is 0 Å². The summed E-state index contributed by atoms with van der Waals surface area (Å²) in [5.74, 6) is -0.652. The summed E-state index contributed by atoms with van der Waals surface area (Å²) in [5, 5.41) is 8.58. The summed E-state index contributed by atoms with van der Waals surface area (Å²) in [4.78, 5) is 10.4. The van der Waals surface area contributed by atoms with Crippen molar-refractivity contribution in [2.45, 2.75) is 148 Å². The van der Waals surface area contributed by atoms with Crippen molar-refractivity contribution in [2.75, 3.05) is 0 Å². The second-order valence-electron chi connectivity index (χ2n) is 8.56. The predicted octanol–water partition coefficient (Wildman–Crippen LogP) is 9.23. The smallest absolute Gasteiger partial charge is 0.303 e. The Hall–Kier alpha value is -0.790. The summed E-state index contributed by atoms with van der Waals surface area (Å²) in [6.07, 6.45) is 33.1. The summed E-state index contributed by atoms with van der Waals surface area (Å²) >= 11 is 0. The van der Waals surface area contributed by atoms with Crippen LogP contribution < -0.4 is 0 Å². The van der Waals surface area contributed by atoms with Crippen molar-refractivity contribution in [3.63, 3.8) is 0 Å². The molecule has 0 unspecified atom stereocenters. The van der Waals surface area contributed by atoms with Crippen molar-refractivity contribution in [3.8, 4) is 0 Å². The van der Waals surface area contributed by atoms with E-state index in [0.29, 0.717) is 6.42 Å².